The highest BCUT2D eigenvalue weighted by Gasteiger charge is 2.15. The lowest BCUT2D eigenvalue weighted by Gasteiger charge is -2.14. The predicted molar refractivity (Wildman–Crippen MR) is 90.5 cm³/mol. The van der Waals surface area contributed by atoms with Crippen molar-refractivity contribution in [2.24, 2.45) is 0 Å². The Labute approximate surface area is 141 Å². The molecule has 0 aromatic heterocycles. The summed E-state index contributed by atoms with van der Waals surface area (Å²) in [5, 5.41) is 0. The smallest absolute Gasteiger partial charge is 0.338 e. The summed E-state index contributed by atoms with van der Waals surface area (Å²) in [6.45, 7) is 5.55. The molecule has 0 fully saturated rings. The van der Waals surface area contributed by atoms with Crippen LogP contribution in [-0.2, 0) is 16.1 Å². The average molecular weight is 327 g/mol. The van der Waals surface area contributed by atoms with E-state index in [2.05, 4.69) is 5.48 Å². The number of hydroxylamine groups is 1. The molecule has 5 nitrogen and oxygen atoms in total. The maximum atomic E-state index is 12.2. The van der Waals surface area contributed by atoms with Gasteiger partial charge in [-0.05, 0) is 29.7 Å². The van der Waals surface area contributed by atoms with Crippen LogP contribution in [-0.4, -0.2) is 11.9 Å². The van der Waals surface area contributed by atoms with Gasteiger partial charge in [0.15, 0.2) is 5.75 Å². The minimum atomic E-state index is -0.396. The fourth-order valence-corrected chi connectivity index (χ4v) is 2.15. The molecule has 1 N–H and O–H groups in total. The molecule has 0 aliphatic rings. The lowest BCUT2D eigenvalue weighted by Crippen LogP contribution is -2.24. The van der Waals surface area contributed by atoms with Gasteiger partial charge in [0.1, 0.15) is 6.61 Å². The third-order valence-corrected chi connectivity index (χ3v) is 3.38. The number of esters is 1. The summed E-state index contributed by atoms with van der Waals surface area (Å²) in [7, 11) is 0. The summed E-state index contributed by atoms with van der Waals surface area (Å²) in [6.07, 6.45) is 0. The van der Waals surface area contributed by atoms with Gasteiger partial charge in [-0.25, -0.2) is 4.79 Å². The van der Waals surface area contributed by atoms with E-state index in [0.717, 1.165) is 11.1 Å². The molecule has 2 aromatic carbocycles. The number of benzene rings is 2. The quantitative estimate of drug-likeness (QED) is 0.650. The van der Waals surface area contributed by atoms with Crippen molar-refractivity contribution >= 4 is 11.9 Å². The minimum Gasteiger partial charge on any atom is -0.457 e. The Balaban J connectivity index is 2.10. The van der Waals surface area contributed by atoms with Gasteiger partial charge in [-0.15, -0.1) is 0 Å². The molecule has 0 spiro atoms. The van der Waals surface area contributed by atoms with E-state index in [-0.39, 0.29) is 18.4 Å². The lowest BCUT2D eigenvalue weighted by atomic mass is 9.99. The molecule has 24 heavy (non-hydrogen) atoms. The van der Waals surface area contributed by atoms with Gasteiger partial charge in [-0.1, -0.05) is 44.2 Å². The molecule has 0 heterocycles. The minimum absolute atomic E-state index is 0.121. The van der Waals surface area contributed by atoms with Crippen molar-refractivity contribution in [2.75, 3.05) is 0 Å². The molecule has 2 aromatic rings. The molecule has 0 aliphatic carbocycles. The molecule has 0 radical (unpaired) electrons. The van der Waals surface area contributed by atoms with E-state index in [0.29, 0.717) is 11.3 Å². The van der Waals surface area contributed by atoms with Crippen molar-refractivity contribution in [1.82, 2.24) is 5.48 Å². The first kappa shape index (κ1) is 17.5. The molecule has 1 amide bonds. The first-order chi connectivity index (χ1) is 11.5. The zero-order valence-corrected chi connectivity index (χ0v) is 14.0. The third kappa shape index (κ3) is 4.84. The largest absolute Gasteiger partial charge is 0.457 e. The van der Waals surface area contributed by atoms with Gasteiger partial charge < -0.3 is 9.57 Å². The fraction of sp³-hybridized carbons (Fsp3) is 0.263. The van der Waals surface area contributed by atoms with Gasteiger partial charge in [0.25, 0.3) is 0 Å². The summed E-state index contributed by atoms with van der Waals surface area (Å²) in [4.78, 5) is 28.5. The topological polar surface area (TPSA) is 64.6 Å². The van der Waals surface area contributed by atoms with E-state index in [4.69, 9.17) is 9.57 Å². The second-order valence-corrected chi connectivity index (χ2v) is 5.73. The normalized spacial score (nSPS) is 10.3. The van der Waals surface area contributed by atoms with Gasteiger partial charge in [0, 0.05) is 12.5 Å². The van der Waals surface area contributed by atoms with E-state index < -0.39 is 5.97 Å². The molecule has 126 valence electrons. The highest BCUT2D eigenvalue weighted by molar-refractivity contribution is 5.90. The molecule has 0 saturated carbocycles. The summed E-state index contributed by atoms with van der Waals surface area (Å²) >= 11 is 0. The zero-order valence-electron chi connectivity index (χ0n) is 14.0. The molecular weight excluding hydrogens is 306 g/mol. The SMILES string of the molecule is CC(=O)NOc1ccc(C(=O)OCc2ccccc2)cc1C(C)C. The standard InChI is InChI=1S/C19H21NO4/c1-13(2)17-11-16(9-10-18(17)24-20-14(3)21)19(22)23-12-15-7-5-4-6-8-15/h4-11,13H,12H2,1-3H3,(H,20,21). The van der Waals surface area contributed by atoms with Gasteiger partial charge in [-0.2, -0.15) is 5.48 Å². The van der Waals surface area contributed by atoms with Gasteiger partial charge >= 0.3 is 5.97 Å². The van der Waals surface area contributed by atoms with Crippen LogP contribution in [0.15, 0.2) is 48.5 Å². The molecule has 0 atom stereocenters. The first-order valence-corrected chi connectivity index (χ1v) is 7.75. The Hall–Kier alpha value is -2.82. The Morgan fingerprint density at radius 1 is 1.08 bits per heavy atom. The van der Waals surface area contributed by atoms with Crippen molar-refractivity contribution in [1.29, 1.82) is 0 Å². The van der Waals surface area contributed by atoms with Crippen LogP contribution in [0, 0.1) is 0 Å². The van der Waals surface area contributed by atoms with E-state index in [9.17, 15) is 9.59 Å². The zero-order chi connectivity index (χ0) is 17.5. The highest BCUT2D eigenvalue weighted by atomic mass is 16.7. The summed E-state index contributed by atoms with van der Waals surface area (Å²) in [5.41, 5.74) is 4.49. The maximum Gasteiger partial charge on any atom is 0.338 e. The number of nitrogens with one attached hydrogen (secondary N) is 1. The Morgan fingerprint density at radius 2 is 1.79 bits per heavy atom. The molecule has 0 unspecified atom stereocenters. The highest BCUT2D eigenvalue weighted by Crippen LogP contribution is 2.27. The molecule has 5 heteroatoms. The number of carbonyl (C=O) groups is 2. The number of rotatable bonds is 6. The number of hydrogen-bond donors (Lipinski definition) is 1. The van der Waals surface area contributed by atoms with Crippen LogP contribution >= 0.6 is 0 Å². The number of carbonyl (C=O) groups excluding carboxylic acids is 2. The Kier molecular flexibility index (Phi) is 5.95. The van der Waals surface area contributed by atoms with Crippen LogP contribution in [0.3, 0.4) is 0 Å². The van der Waals surface area contributed by atoms with Crippen molar-refractivity contribution in [3.05, 3.63) is 65.2 Å². The van der Waals surface area contributed by atoms with Crippen LogP contribution < -0.4 is 10.3 Å². The van der Waals surface area contributed by atoms with E-state index in [1.165, 1.54) is 6.92 Å². The molecule has 0 aliphatic heterocycles. The molecule has 0 saturated heterocycles. The molecule has 2 rings (SSSR count). The summed E-state index contributed by atoms with van der Waals surface area (Å²) in [5.74, 6) is -0.0571. The van der Waals surface area contributed by atoms with Crippen molar-refractivity contribution in [3.8, 4) is 5.75 Å². The van der Waals surface area contributed by atoms with E-state index in [1.807, 2.05) is 44.2 Å². The second-order valence-electron chi connectivity index (χ2n) is 5.73. The second kappa shape index (κ2) is 8.15. The number of ether oxygens (including phenoxy) is 1. The first-order valence-electron chi connectivity index (χ1n) is 7.75. The average Bonchev–Trinajstić information content (AvgIpc) is 2.58. The van der Waals surface area contributed by atoms with E-state index in [1.54, 1.807) is 18.2 Å². The van der Waals surface area contributed by atoms with Crippen LogP contribution in [0.1, 0.15) is 48.2 Å². The van der Waals surface area contributed by atoms with Gasteiger partial charge in [0.05, 0.1) is 5.56 Å². The van der Waals surface area contributed by atoms with Crippen LogP contribution in [0.4, 0.5) is 0 Å². The van der Waals surface area contributed by atoms with Crippen LogP contribution in [0.25, 0.3) is 0 Å². The van der Waals surface area contributed by atoms with Crippen molar-refractivity contribution in [2.45, 2.75) is 33.3 Å². The van der Waals surface area contributed by atoms with Gasteiger partial charge in [0.2, 0.25) is 5.91 Å². The Morgan fingerprint density at radius 3 is 2.42 bits per heavy atom. The predicted octanol–water partition coefficient (Wildman–Crippen LogP) is 3.60. The Bertz CT molecular complexity index is 711. The van der Waals surface area contributed by atoms with E-state index >= 15 is 0 Å². The van der Waals surface area contributed by atoms with Gasteiger partial charge in [-0.3, -0.25) is 4.79 Å². The maximum absolute atomic E-state index is 12.2. The molecule has 0 bridgehead atoms. The summed E-state index contributed by atoms with van der Waals surface area (Å²) < 4.78 is 5.34. The summed E-state index contributed by atoms with van der Waals surface area (Å²) in [6, 6.07) is 14.5. The fourth-order valence-electron chi connectivity index (χ4n) is 2.15. The monoisotopic (exact) mass is 327 g/mol. The van der Waals surface area contributed by atoms with Crippen molar-refractivity contribution in [3.63, 3.8) is 0 Å². The third-order valence-electron chi connectivity index (χ3n) is 3.38. The van der Waals surface area contributed by atoms with Crippen LogP contribution in [0.2, 0.25) is 0 Å². The lowest BCUT2D eigenvalue weighted by molar-refractivity contribution is -0.125. The van der Waals surface area contributed by atoms with Crippen molar-refractivity contribution < 1.29 is 19.2 Å². The number of hydrogen-bond acceptors (Lipinski definition) is 4. The number of amides is 1. The molecular formula is C19H21NO4. The van der Waals surface area contributed by atoms with Crippen LogP contribution in [0.5, 0.6) is 5.75 Å².